The minimum Gasteiger partial charge on any atom is -0.504 e. The Morgan fingerprint density at radius 1 is 1.27 bits per heavy atom. The lowest BCUT2D eigenvalue weighted by Gasteiger charge is -2.12. The first-order valence-corrected chi connectivity index (χ1v) is 11.6. The van der Waals surface area contributed by atoms with E-state index in [4.69, 9.17) is 4.74 Å². The number of nitrogens with zero attached hydrogens (tertiary/aromatic N) is 2. The van der Waals surface area contributed by atoms with Gasteiger partial charge in [-0.15, -0.1) is 11.0 Å². The number of hydrogen-bond donors (Lipinski definition) is 1. The zero-order valence-electron chi connectivity index (χ0n) is 15.8. The molecule has 1 amide bonds. The van der Waals surface area contributed by atoms with Gasteiger partial charge in [-0.25, -0.2) is 0 Å². The predicted molar refractivity (Wildman–Crippen MR) is 121 cm³/mol. The molecule has 1 aliphatic rings. The number of carbonyl (C=O) groups is 1. The predicted octanol–water partition coefficient (Wildman–Crippen LogP) is 4.01. The topological polar surface area (TPSA) is 96.3 Å². The molecule has 1 saturated heterocycles. The maximum atomic E-state index is 12.8. The third-order valence-electron chi connectivity index (χ3n) is 4.01. The zero-order chi connectivity index (χ0) is 21.9. The Balaban J connectivity index is 1.99. The average molecular weight is 509 g/mol. The van der Waals surface area contributed by atoms with Gasteiger partial charge in [-0.3, -0.25) is 9.69 Å². The number of phenolic OH excluding ortho intramolecular Hbond substituents is 1. The Hall–Kier alpha value is -2.56. The number of carbonyl (C=O) groups excluding carboxylic acids is 1. The smallest absolute Gasteiger partial charge is 0.284 e. The van der Waals surface area contributed by atoms with E-state index in [1.165, 1.54) is 36.3 Å². The summed E-state index contributed by atoms with van der Waals surface area (Å²) in [6, 6.07) is 10.7. The quantitative estimate of drug-likeness (QED) is 0.467. The van der Waals surface area contributed by atoms with Gasteiger partial charge in [0.15, 0.2) is 16.7 Å². The van der Waals surface area contributed by atoms with Gasteiger partial charge < -0.3 is 9.84 Å². The highest BCUT2D eigenvalue weighted by molar-refractivity contribution is 9.10. The Labute approximate surface area is 186 Å². The summed E-state index contributed by atoms with van der Waals surface area (Å²) in [5.74, 6) is -0.160. The van der Waals surface area contributed by atoms with E-state index >= 15 is 0 Å². The van der Waals surface area contributed by atoms with Gasteiger partial charge in [-0.1, -0.05) is 28.1 Å². The summed E-state index contributed by atoms with van der Waals surface area (Å²) >= 11 is 4.21. The maximum absolute atomic E-state index is 12.8. The molecule has 30 heavy (non-hydrogen) atoms. The number of phenols is 1. The second kappa shape index (κ2) is 9.07. The molecule has 1 aliphatic heterocycles. The van der Waals surface area contributed by atoms with Crippen LogP contribution in [0.3, 0.4) is 0 Å². The second-order valence-corrected chi connectivity index (χ2v) is 9.58. The first-order chi connectivity index (χ1) is 14.2. The first kappa shape index (κ1) is 22.1. The van der Waals surface area contributed by atoms with Crippen molar-refractivity contribution in [1.82, 2.24) is 4.90 Å². The van der Waals surface area contributed by atoms with E-state index < -0.39 is 15.9 Å². The maximum Gasteiger partial charge on any atom is 0.284 e. The van der Waals surface area contributed by atoms with E-state index in [2.05, 4.69) is 26.9 Å². The number of rotatable bonds is 6. The molecule has 3 rings (SSSR count). The minimum atomic E-state index is -4.01. The number of halogens is 1. The van der Waals surface area contributed by atoms with Crippen molar-refractivity contribution in [2.45, 2.75) is 4.90 Å². The van der Waals surface area contributed by atoms with Crippen LogP contribution < -0.4 is 4.74 Å². The number of aromatic hydroxyl groups is 1. The van der Waals surface area contributed by atoms with Crippen LogP contribution in [-0.4, -0.2) is 43.2 Å². The van der Waals surface area contributed by atoms with E-state index in [0.717, 1.165) is 16.2 Å². The fraction of sp³-hybridized carbons (Fsp3) is 0.100. The molecule has 0 aromatic heterocycles. The van der Waals surface area contributed by atoms with Crippen LogP contribution in [0.15, 0.2) is 73.8 Å². The first-order valence-electron chi connectivity index (χ1n) is 8.55. The van der Waals surface area contributed by atoms with E-state index in [1.807, 2.05) is 0 Å². The van der Waals surface area contributed by atoms with Crippen molar-refractivity contribution in [2.24, 2.45) is 4.40 Å². The Kier molecular flexibility index (Phi) is 6.69. The summed E-state index contributed by atoms with van der Waals surface area (Å²) in [4.78, 5) is 14.4. The standard InChI is InChI=1S/C20H17BrN2O5S2/c1-3-10-23-19(25)18(12-13-4-9-16(24)17(11-13)28-2)29-20(23)22-30(26,27)15-7-5-14(21)6-8-15/h3-9,11-12,24H,1,10H2,2H3/b18-12-,22-20+. The van der Waals surface area contributed by atoms with Gasteiger partial charge in [0.1, 0.15) is 0 Å². The third kappa shape index (κ3) is 4.77. The van der Waals surface area contributed by atoms with Crippen molar-refractivity contribution in [3.8, 4) is 11.5 Å². The molecule has 1 heterocycles. The number of amides is 1. The van der Waals surface area contributed by atoms with Gasteiger partial charge >= 0.3 is 0 Å². The van der Waals surface area contributed by atoms with Crippen LogP contribution in [0.1, 0.15) is 5.56 Å². The van der Waals surface area contributed by atoms with Crippen LogP contribution >= 0.6 is 27.7 Å². The van der Waals surface area contributed by atoms with Crippen LogP contribution in [0, 0.1) is 0 Å². The largest absolute Gasteiger partial charge is 0.504 e. The van der Waals surface area contributed by atoms with E-state index in [9.17, 15) is 18.3 Å². The van der Waals surface area contributed by atoms with Gasteiger partial charge in [0.2, 0.25) is 0 Å². The monoisotopic (exact) mass is 508 g/mol. The summed E-state index contributed by atoms with van der Waals surface area (Å²) in [5, 5.41) is 9.77. The van der Waals surface area contributed by atoms with Crippen molar-refractivity contribution >= 4 is 54.9 Å². The number of benzene rings is 2. The van der Waals surface area contributed by atoms with Gasteiger partial charge in [0.25, 0.3) is 15.9 Å². The van der Waals surface area contributed by atoms with E-state index in [-0.39, 0.29) is 33.0 Å². The van der Waals surface area contributed by atoms with E-state index in [1.54, 1.807) is 30.3 Å². The fourth-order valence-corrected chi connectivity index (χ4v) is 5.02. The summed E-state index contributed by atoms with van der Waals surface area (Å²) in [7, 11) is -2.59. The van der Waals surface area contributed by atoms with Crippen molar-refractivity contribution in [2.75, 3.05) is 13.7 Å². The number of amidine groups is 1. The number of hydrogen-bond acceptors (Lipinski definition) is 6. The number of methoxy groups -OCH3 is 1. The third-order valence-corrected chi connectivity index (χ3v) is 6.94. The zero-order valence-corrected chi connectivity index (χ0v) is 19.0. The lowest BCUT2D eigenvalue weighted by molar-refractivity contribution is -0.121. The van der Waals surface area contributed by atoms with Crippen molar-refractivity contribution in [1.29, 1.82) is 0 Å². The summed E-state index contributed by atoms with van der Waals surface area (Å²) in [6.45, 7) is 3.73. The van der Waals surface area contributed by atoms with Gasteiger partial charge in [-0.05, 0) is 59.8 Å². The normalized spacial score (nSPS) is 17.0. The molecule has 0 bridgehead atoms. The molecule has 2 aromatic carbocycles. The van der Waals surface area contributed by atoms with Crippen LogP contribution in [0.25, 0.3) is 6.08 Å². The highest BCUT2D eigenvalue weighted by atomic mass is 79.9. The van der Waals surface area contributed by atoms with Gasteiger partial charge in [0.05, 0.1) is 16.9 Å². The fourth-order valence-electron chi connectivity index (χ4n) is 2.56. The number of thioether (sulfide) groups is 1. The summed E-state index contributed by atoms with van der Waals surface area (Å²) in [6.07, 6.45) is 3.08. The number of ether oxygens (including phenoxy) is 1. The molecule has 0 saturated carbocycles. The average Bonchev–Trinajstić information content (AvgIpc) is 2.98. The molecule has 7 nitrogen and oxygen atoms in total. The summed E-state index contributed by atoms with van der Waals surface area (Å²) in [5.41, 5.74) is 0.607. The molecule has 0 unspecified atom stereocenters. The van der Waals surface area contributed by atoms with Gasteiger partial charge in [-0.2, -0.15) is 8.42 Å². The molecule has 0 spiro atoms. The second-order valence-electron chi connectivity index (χ2n) is 6.05. The highest BCUT2D eigenvalue weighted by Crippen LogP contribution is 2.35. The van der Waals surface area contributed by atoms with Crippen LogP contribution in [0.5, 0.6) is 11.5 Å². The van der Waals surface area contributed by atoms with Gasteiger partial charge in [0, 0.05) is 11.0 Å². The van der Waals surface area contributed by atoms with Crippen molar-refractivity contribution in [3.05, 3.63) is 70.1 Å². The van der Waals surface area contributed by atoms with Crippen molar-refractivity contribution in [3.63, 3.8) is 0 Å². The Bertz CT molecular complexity index is 1160. The molecule has 1 fully saturated rings. The Morgan fingerprint density at radius 3 is 2.60 bits per heavy atom. The molecule has 156 valence electrons. The van der Waals surface area contributed by atoms with E-state index in [0.29, 0.717) is 5.56 Å². The van der Waals surface area contributed by atoms with Crippen molar-refractivity contribution < 1.29 is 23.1 Å². The number of sulfonamides is 1. The molecule has 0 aliphatic carbocycles. The lowest BCUT2D eigenvalue weighted by atomic mass is 10.2. The van der Waals surface area contributed by atoms with Crippen LogP contribution in [-0.2, 0) is 14.8 Å². The van der Waals surface area contributed by atoms with Crippen LogP contribution in [0.4, 0.5) is 0 Å². The highest BCUT2D eigenvalue weighted by Gasteiger charge is 2.34. The molecular weight excluding hydrogens is 492 g/mol. The molecule has 2 aromatic rings. The Morgan fingerprint density at radius 2 is 1.97 bits per heavy atom. The molecule has 1 N–H and O–H groups in total. The molecular formula is C20H17BrN2O5S2. The summed E-state index contributed by atoms with van der Waals surface area (Å²) < 4.78 is 35.1. The van der Waals surface area contributed by atoms with Crippen LogP contribution in [0.2, 0.25) is 0 Å². The lowest BCUT2D eigenvalue weighted by Crippen LogP contribution is -2.29. The molecule has 10 heteroatoms. The molecule has 0 radical (unpaired) electrons. The minimum absolute atomic E-state index is 0.0190. The SMILES string of the molecule is C=CCN1C(=O)/C(=C/c2ccc(O)c(OC)c2)S/C1=N/S(=O)(=O)c1ccc(Br)cc1. The molecule has 0 atom stereocenters.